The van der Waals surface area contributed by atoms with Gasteiger partial charge >= 0.3 is 0 Å². The van der Waals surface area contributed by atoms with Crippen LogP contribution < -0.4 is 9.64 Å². The van der Waals surface area contributed by atoms with Crippen LogP contribution in [0.3, 0.4) is 0 Å². The SMILES string of the molecule is COc1cnc(N2CCCC(OCc3cccnc3)C2)nc1-c1ccnn1C. The summed E-state index contributed by atoms with van der Waals surface area (Å²) in [5.74, 6) is 1.32. The summed E-state index contributed by atoms with van der Waals surface area (Å²) in [6.45, 7) is 2.23. The lowest BCUT2D eigenvalue weighted by molar-refractivity contribution is 0.0311. The van der Waals surface area contributed by atoms with Gasteiger partial charge in [0.25, 0.3) is 0 Å². The van der Waals surface area contributed by atoms with Crippen molar-refractivity contribution in [3.8, 4) is 17.1 Å². The maximum atomic E-state index is 6.11. The molecule has 28 heavy (non-hydrogen) atoms. The first-order chi connectivity index (χ1) is 13.7. The number of ether oxygens (including phenoxy) is 2. The van der Waals surface area contributed by atoms with Crippen LogP contribution in [0.25, 0.3) is 11.4 Å². The summed E-state index contributed by atoms with van der Waals surface area (Å²) < 4.78 is 13.4. The molecule has 3 aromatic heterocycles. The number of piperidine rings is 1. The van der Waals surface area contributed by atoms with Gasteiger partial charge in [0.05, 0.1) is 31.7 Å². The van der Waals surface area contributed by atoms with E-state index >= 15 is 0 Å². The van der Waals surface area contributed by atoms with Crippen LogP contribution in [0.15, 0.2) is 43.0 Å². The van der Waals surface area contributed by atoms with Crippen molar-refractivity contribution >= 4 is 5.95 Å². The Kier molecular flexibility index (Phi) is 5.48. The molecule has 8 nitrogen and oxygen atoms in total. The van der Waals surface area contributed by atoms with Crippen LogP contribution in [0.4, 0.5) is 5.95 Å². The lowest BCUT2D eigenvalue weighted by Crippen LogP contribution is -2.40. The summed E-state index contributed by atoms with van der Waals surface area (Å²) in [6, 6.07) is 5.88. The van der Waals surface area contributed by atoms with Crippen molar-refractivity contribution in [2.75, 3.05) is 25.1 Å². The molecule has 1 fully saturated rings. The molecular formula is C20H24N6O2. The van der Waals surface area contributed by atoms with Crippen LogP contribution in [-0.4, -0.2) is 51.0 Å². The summed E-state index contributed by atoms with van der Waals surface area (Å²) >= 11 is 0. The second kappa shape index (κ2) is 8.35. The molecule has 146 valence electrons. The molecule has 0 saturated carbocycles. The zero-order valence-corrected chi connectivity index (χ0v) is 16.2. The number of pyridine rings is 1. The third kappa shape index (κ3) is 3.96. The first-order valence-corrected chi connectivity index (χ1v) is 9.39. The molecule has 1 saturated heterocycles. The Morgan fingerprint density at radius 1 is 1.21 bits per heavy atom. The minimum absolute atomic E-state index is 0.139. The second-order valence-electron chi connectivity index (χ2n) is 6.81. The van der Waals surface area contributed by atoms with E-state index < -0.39 is 0 Å². The molecular weight excluding hydrogens is 356 g/mol. The zero-order chi connectivity index (χ0) is 19.3. The monoisotopic (exact) mass is 380 g/mol. The van der Waals surface area contributed by atoms with E-state index in [1.54, 1.807) is 30.4 Å². The van der Waals surface area contributed by atoms with Crippen molar-refractivity contribution in [3.05, 3.63) is 48.5 Å². The molecule has 1 aliphatic rings. The van der Waals surface area contributed by atoms with Gasteiger partial charge in [0.2, 0.25) is 5.95 Å². The summed E-state index contributed by atoms with van der Waals surface area (Å²) in [5, 5.41) is 4.24. The third-order valence-corrected chi connectivity index (χ3v) is 4.90. The van der Waals surface area contributed by atoms with Gasteiger partial charge in [-0.1, -0.05) is 6.07 Å². The van der Waals surface area contributed by atoms with E-state index in [-0.39, 0.29) is 6.10 Å². The molecule has 0 radical (unpaired) electrons. The highest BCUT2D eigenvalue weighted by Gasteiger charge is 2.24. The van der Waals surface area contributed by atoms with Gasteiger partial charge in [0.1, 0.15) is 5.69 Å². The normalized spacial score (nSPS) is 16.9. The Morgan fingerprint density at radius 3 is 2.89 bits per heavy atom. The van der Waals surface area contributed by atoms with Crippen LogP contribution in [0.2, 0.25) is 0 Å². The molecule has 1 atom stereocenters. The Balaban J connectivity index is 1.49. The highest BCUT2D eigenvalue weighted by Crippen LogP contribution is 2.29. The molecule has 0 N–H and O–H groups in total. The highest BCUT2D eigenvalue weighted by atomic mass is 16.5. The molecule has 8 heteroatoms. The van der Waals surface area contributed by atoms with Crippen LogP contribution in [-0.2, 0) is 18.4 Å². The highest BCUT2D eigenvalue weighted by molar-refractivity contribution is 5.63. The summed E-state index contributed by atoms with van der Waals surface area (Å²) in [7, 11) is 3.52. The average molecular weight is 380 g/mol. The first kappa shape index (κ1) is 18.4. The number of hydrogen-bond donors (Lipinski definition) is 0. The van der Waals surface area contributed by atoms with E-state index in [9.17, 15) is 0 Å². The van der Waals surface area contributed by atoms with Crippen LogP contribution in [0, 0.1) is 0 Å². The van der Waals surface area contributed by atoms with Gasteiger partial charge in [-0.2, -0.15) is 5.10 Å². The van der Waals surface area contributed by atoms with Crippen molar-refractivity contribution < 1.29 is 9.47 Å². The number of hydrogen-bond acceptors (Lipinski definition) is 7. The van der Waals surface area contributed by atoms with E-state index in [2.05, 4.69) is 20.0 Å². The first-order valence-electron chi connectivity index (χ1n) is 9.39. The van der Waals surface area contributed by atoms with Crippen molar-refractivity contribution in [3.63, 3.8) is 0 Å². The largest absolute Gasteiger partial charge is 0.493 e. The molecule has 1 aliphatic heterocycles. The minimum atomic E-state index is 0.139. The topological polar surface area (TPSA) is 78.2 Å². The van der Waals surface area contributed by atoms with E-state index in [1.165, 1.54) is 0 Å². The quantitative estimate of drug-likeness (QED) is 0.650. The predicted molar refractivity (Wildman–Crippen MR) is 105 cm³/mol. The van der Waals surface area contributed by atoms with Gasteiger partial charge < -0.3 is 14.4 Å². The third-order valence-electron chi connectivity index (χ3n) is 4.90. The van der Waals surface area contributed by atoms with Crippen LogP contribution >= 0.6 is 0 Å². The second-order valence-corrected chi connectivity index (χ2v) is 6.81. The Hall–Kier alpha value is -3.00. The number of aryl methyl sites for hydroxylation is 1. The molecule has 0 aromatic carbocycles. The van der Waals surface area contributed by atoms with E-state index in [4.69, 9.17) is 14.5 Å². The molecule has 0 bridgehead atoms. The lowest BCUT2D eigenvalue weighted by Gasteiger charge is -2.32. The predicted octanol–water partition coefficient (Wildman–Crippen LogP) is 2.47. The number of methoxy groups -OCH3 is 1. The van der Waals surface area contributed by atoms with Gasteiger partial charge in [-0.3, -0.25) is 9.67 Å². The van der Waals surface area contributed by atoms with Crippen molar-refractivity contribution in [1.29, 1.82) is 0 Å². The Morgan fingerprint density at radius 2 is 2.14 bits per heavy atom. The zero-order valence-electron chi connectivity index (χ0n) is 16.2. The Labute approximate surface area is 164 Å². The van der Waals surface area contributed by atoms with Gasteiger partial charge in [-0.15, -0.1) is 0 Å². The fourth-order valence-electron chi connectivity index (χ4n) is 3.41. The number of rotatable bonds is 6. The van der Waals surface area contributed by atoms with Crippen molar-refractivity contribution in [1.82, 2.24) is 24.7 Å². The van der Waals surface area contributed by atoms with Gasteiger partial charge in [-0.25, -0.2) is 9.97 Å². The lowest BCUT2D eigenvalue weighted by atomic mass is 10.1. The summed E-state index contributed by atoms with van der Waals surface area (Å²) in [6.07, 6.45) is 9.29. The van der Waals surface area contributed by atoms with Gasteiger partial charge in [0.15, 0.2) is 5.75 Å². The van der Waals surface area contributed by atoms with E-state index in [1.807, 2.05) is 31.4 Å². The summed E-state index contributed by atoms with van der Waals surface area (Å²) in [4.78, 5) is 15.6. The smallest absolute Gasteiger partial charge is 0.226 e. The fourth-order valence-corrected chi connectivity index (χ4v) is 3.41. The van der Waals surface area contributed by atoms with Crippen molar-refractivity contribution in [2.24, 2.45) is 7.05 Å². The molecule has 4 heterocycles. The number of anilines is 1. The maximum absolute atomic E-state index is 6.11. The number of nitrogens with zero attached hydrogens (tertiary/aromatic N) is 6. The molecule has 4 rings (SSSR count). The van der Waals surface area contributed by atoms with Gasteiger partial charge in [0, 0.05) is 38.7 Å². The minimum Gasteiger partial charge on any atom is -0.493 e. The van der Waals surface area contributed by atoms with Gasteiger partial charge in [-0.05, 0) is 30.5 Å². The average Bonchev–Trinajstić information content (AvgIpc) is 3.18. The Bertz CT molecular complexity index is 914. The van der Waals surface area contributed by atoms with Crippen LogP contribution in [0.5, 0.6) is 5.75 Å². The molecule has 0 spiro atoms. The van der Waals surface area contributed by atoms with E-state index in [0.29, 0.717) is 18.3 Å². The molecule has 0 aliphatic carbocycles. The molecule has 0 amide bonds. The van der Waals surface area contributed by atoms with Crippen LogP contribution in [0.1, 0.15) is 18.4 Å². The molecule has 1 unspecified atom stereocenters. The fraction of sp³-hybridized carbons (Fsp3) is 0.400. The van der Waals surface area contributed by atoms with E-state index in [0.717, 1.165) is 42.9 Å². The van der Waals surface area contributed by atoms with Crippen molar-refractivity contribution in [2.45, 2.75) is 25.6 Å². The summed E-state index contributed by atoms with van der Waals surface area (Å²) in [5.41, 5.74) is 2.71. The maximum Gasteiger partial charge on any atom is 0.226 e. The number of aromatic nitrogens is 5. The molecule has 3 aromatic rings. The standard InChI is InChI=1S/C20H24N6O2/c1-25-17(7-9-23-25)19-18(27-2)12-22-20(24-19)26-10-4-6-16(13-26)28-14-15-5-3-8-21-11-15/h3,5,7-9,11-12,16H,4,6,10,13-14H2,1-2H3.